The molecular weight excluding hydrogens is 397 g/mol. The van der Waals surface area contributed by atoms with Crippen LogP contribution in [0.2, 0.25) is 0 Å². The van der Waals surface area contributed by atoms with E-state index in [4.69, 9.17) is 9.47 Å². The van der Waals surface area contributed by atoms with Gasteiger partial charge in [0.25, 0.3) is 5.91 Å². The number of para-hydroxylation sites is 2. The Labute approximate surface area is 173 Å². The minimum Gasteiger partial charge on any atom is -0.483 e. The molecule has 0 radical (unpaired) electrons. The van der Waals surface area contributed by atoms with Gasteiger partial charge in [-0.3, -0.25) is 9.69 Å². The molecule has 3 rings (SSSR count). The summed E-state index contributed by atoms with van der Waals surface area (Å²) in [5.41, 5.74) is 0.624. The van der Waals surface area contributed by atoms with Gasteiger partial charge in [-0.15, -0.1) is 0 Å². The maximum Gasteiger partial charge on any atom is 0.419 e. The van der Waals surface area contributed by atoms with Crippen LogP contribution in [0.1, 0.15) is 25.0 Å². The second-order valence-electron chi connectivity index (χ2n) is 7.44. The van der Waals surface area contributed by atoms with Gasteiger partial charge in [0.15, 0.2) is 6.61 Å². The van der Waals surface area contributed by atoms with Gasteiger partial charge in [0.05, 0.1) is 17.8 Å². The number of nitrogens with zero attached hydrogens (tertiary/aromatic N) is 1. The van der Waals surface area contributed by atoms with Crippen molar-refractivity contribution in [3.63, 3.8) is 0 Å². The summed E-state index contributed by atoms with van der Waals surface area (Å²) in [6.07, 6.45) is -4.30. The highest BCUT2D eigenvalue weighted by Crippen LogP contribution is 2.35. The zero-order chi connectivity index (χ0) is 21.7. The van der Waals surface area contributed by atoms with E-state index >= 15 is 0 Å². The second kappa shape index (κ2) is 9.49. The first-order chi connectivity index (χ1) is 14.2. The topological polar surface area (TPSA) is 50.8 Å². The first kappa shape index (κ1) is 22.1. The number of alkyl halides is 3. The molecule has 0 aliphatic carbocycles. The first-order valence-corrected chi connectivity index (χ1v) is 9.77. The van der Waals surface area contributed by atoms with Gasteiger partial charge < -0.3 is 14.8 Å². The Kier molecular flexibility index (Phi) is 6.99. The van der Waals surface area contributed by atoms with Crippen molar-refractivity contribution in [1.82, 2.24) is 4.90 Å². The van der Waals surface area contributed by atoms with Gasteiger partial charge in [0, 0.05) is 25.3 Å². The van der Waals surface area contributed by atoms with E-state index in [0.717, 1.165) is 24.7 Å². The fraction of sp³-hybridized carbons (Fsp3) is 0.409. The molecule has 1 amide bonds. The average molecular weight is 422 g/mol. The van der Waals surface area contributed by atoms with E-state index in [-0.39, 0.29) is 18.0 Å². The van der Waals surface area contributed by atoms with Crippen LogP contribution in [0.4, 0.5) is 18.9 Å². The SMILES string of the molecule is CC1CN(Cc2ccccc2NC(=O)COc2ccccc2C(F)(F)F)CC(C)O1. The molecule has 30 heavy (non-hydrogen) atoms. The smallest absolute Gasteiger partial charge is 0.419 e. The van der Waals surface area contributed by atoms with E-state index in [1.54, 1.807) is 12.1 Å². The largest absolute Gasteiger partial charge is 0.483 e. The molecule has 8 heteroatoms. The predicted octanol–water partition coefficient (Wildman–Crippen LogP) is 4.33. The van der Waals surface area contributed by atoms with Crippen molar-refractivity contribution in [3.8, 4) is 5.75 Å². The Morgan fingerprint density at radius 3 is 2.43 bits per heavy atom. The van der Waals surface area contributed by atoms with Crippen LogP contribution >= 0.6 is 0 Å². The maximum absolute atomic E-state index is 13.1. The molecule has 0 aromatic heterocycles. The van der Waals surface area contributed by atoms with Gasteiger partial charge in [-0.1, -0.05) is 30.3 Å². The molecule has 1 fully saturated rings. The van der Waals surface area contributed by atoms with E-state index in [0.29, 0.717) is 12.2 Å². The lowest BCUT2D eigenvalue weighted by molar-refractivity contribution is -0.139. The normalized spacial score (nSPS) is 20.0. The van der Waals surface area contributed by atoms with Crippen LogP contribution in [0.3, 0.4) is 0 Å². The third kappa shape index (κ3) is 5.96. The van der Waals surface area contributed by atoms with Crippen LogP contribution in [0.25, 0.3) is 0 Å². The summed E-state index contributed by atoms with van der Waals surface area (Å²) < 4.78 is 50.1. The number of rotatable bonds is 6. The van der Waals surface area contributed by atoms with E-state index in [2.05, 4.69) is 10.2 Å². The summed E-state index contributed by atoms with van der Waals surface area (Å²) in [5, 5.41) is 2.75. The standard InChI is InChI=1S/C22H25F3N2O3/c1-15-11-27(12-16(2)30-15)13-17-7-3-5-9-19(17)26-21(28)14-29-20-10-6-4-8-18(20)22(23,24)25/h3-10,15-16H,11-14H2,1-2H3,(H,26,28). The summed E-state index contributed by atoms with van der Waals surface area (Å²) in [5.74, 6) is -0.895. The van der Waals surface area contributed by atoms with Crippen molar-refractivity contribution in [2.75, 3.05) is 25.0 Å². The van der Waals surface area contributed by atoms with E-state index in [1.165, 1.54) is 18.2 Å². The Morgan fingerprint density at radius 1 is 1.10 bits per heavy atom. The number of carbonyl (C=O) groups excluding carboxylic acids is 1. The first-order valence-electron chi connectivity index (χ1n) is 9.77. The van der Waals surface area contributed by atoms with Gasteiger partial charge in [-0.05, 0) is 37.6 Å². The number of nitrogens with one attached hydrogen (secondary N) is 1. The third-order valence-electron chi connectivity index (χ3n) is 4.73. The summed E-state index contributed by atoms with van der Waals surface area (Å²) in [7, 11) is 0. The fourth-order valence-corrected chi connectivity index (χ4v) is 3.59. The van der Waals surface area contributed by atoms with Gasteiger partial charge in [-0.25, -0.2) is 0 Å². The molecule has 2 unspecified atom stereocenters. The monoisotopic (exact) mass is 422 g/mol. The molecule has 0 bridgehead atoms. The minimum absolute atomic E-state index is 0.123. The molecule has 1 heterocycles. The highest BCUT2D eigenvalue weighted by atomic mass is 19.4. The number of ether oxygens (including phenoxy) is 2. The molecule has 2 atom stereocenters. The molecule has 1 aliphatic rings. The molecule has 5 nitrogen and oxygen atoms in total. The lowest BCUT2D eigenvalue weighted by Crippen LogP contribution is -2.44. The molecule has 0 spiro atoms. The van der Waals surface area contributed by atoms with Crippen molar-refractivity contribution < 1.29 is 27.4 Å². The van der Waals surface area contributed by atoms with Crippen LogP contribution in [-0.4, -0.2) is 42.7 Å². The van der Waals surface area contributed by atoms with Gasteiger partial charge in [-0.2, -0.15) is 13.2 Å². The van der Waals surface area contributed by atoms with Crippen molar-refractivity contribution in [2.24, 2.45) is 0 Å². The third-order valence-corrected chi connectivity index (χ3v) is 4.73. The molecule has 2 aromatic rings. The Morgan fingerprint density at radius 2 is 1.73 bits per heavy atom. The molecule has 162 valence electrons. The number of benzene rings is 2. The Hall–Kier alpha value is -2.58. The van der Waals surface area contributed by atoms with E-state index in [9.17, 15) is 18.0 Å². The number of morpholine rings is 1. The predicted molar refractivity (Wildman–Crippen MR) is 107 cm³/mol. The number of amides is 1. The lowest BCUT2D eigenvalue weighted by atomic mass is 10.1. The second-order valence-corrected chi connectivity index (χ2v) is 7.44. The van der Waals surface area contributed by atoms with Crippen LogP contribution in [0, 0.1) is 0 Å². The molecular formula is C22H25F3N2O3. The number of carbonyl (C=O) groups is 1. The van der Waals surface area contributed by atoms with Crippen LogP contribution in [-0.2, 0) is 22.3 Å². The summed E-state index contributed by atoms with van der Waals surface area (Å²) >= 11 is 0. The zero-order valence-corrected chi connectivity index (χ0v) is 16.9. The fourth-order valence-electron chi connectivity index (χ4n) is 3.59. The van der Waals surface area contributed by atoms with Gasteiger partial charge >= 0.3 is 6.18 Å². The van der Waals surface area contributed by atoms with Crippen molar-refractivity contribution >= 4 is 11.6 Å². The molecule has 2 aromatic carbocycles. The average Bonchev–Trinajstić information content (AvgIpc) is 2.67. The summed E-state index contributed by atoms with van der Waals surface area (Å²) in [4.78, 5) is 14.6. The van der Waals surface area contributed by atoms with Gasteiger partial charge in [0.2, 0.25) is 0 Å². The van der Waals surface area contributed by atoms with Crippen LogP contribution < -0.4 is 10.1 Å². The molecule has 0 saturated carbocycles. The lowest BCUT2D eigenvalue weighted by Gasteiger charge is -2.35. The molecule has 1 N–H and O–H groups in total. The van der Waals surface area contributed by atoms with Gasteiger partial charge in [0.1, 0.15) is 5.75 Å². The number of hydrogen-bond donors (Lipinski definition) is 1. The number of anilines is 1. The number of halogens is 3. The Bertz CT molecular complexity index is 863. The van der Waals surface area contributed by atoms with Crippen LogP contribution in [0.15, 0.2) is 48.5 Å². The molecule has 1 saturated heterocycles. The highest BCUT2D eigenvalue weighted by molar-refractivity contribution is 5.92. The summed E-state index contributed by atoms with van der Waals surface area (Å²) in [6.45, 7) is 5.71. The summed E-state index contributed by atoms with van der Waals surface area (Å²) in [6, 6.07) is 12.2. The zero-order valence-electron chi connectivity index (χ0n) is 16.9. The quantitative estimate of drug-likeness (QED) is 0.753. The van der Waals surface area contributed by atoms with Crippen molar-refractivity contribution in [2.45, 2.75) is 38.8 Å². The molecule has 1 aliphatic heterocycles. The highest BCUT2D eigenvalue weighted by Gasteiger charge is 2.34. The van der Waals surface area contributed by atoms with Crippen molar-refractivity contribution in [1.29, 1.82) is 0 Å². The number of hydrogen-bond acceptors (Lipinski definition) is 4. The van der Waals surface area contributed by atoms with E-state index < -0.39 is 24.3 Å². The maximum atomic E-state index is 13.1. The van der Waals surface area contributed by atoms with Crippen molar-refractivity contribution in [3.05, 3.63) is 59.7 Å². The minimum atomic E-state index is -4.55. The Balaban J connectivity index is 1.63. The van der Waals surface area contributed by atoms with Crippen LogP contribution in [0.5, 0.6) is 5.75 Å². The van der Waals surface area contributed by atoms with E-state index in [1.807, 2.05) is 26.0 Å².